The van der Waals surface area contributed by atoms with Crippen molar-refractivity contribution in [2.24, 2.45) is 17.8 Å². The molecule has 0 unspecified atom stereocenters. The number of piperidine rings is 1. The smallest absolute Gasteiger partial charge is 0.416 e. The van der Waals surface area contributed by atoms with E-state index in [-0.39, 0.29) is 49.5 Å². The van der Waals surface area contributed by atoms with Crippen LogP contribution in [-0.4, -0.2) is 43.1 Å². The number of benzene rings is 3. The zero-order chi connectivity index (χ0) is 41.0. The monoisotopic (exact) mass is 810 g/mol. The van der Waals surface area contributed by atoms with Crippen LogP contribution in [0.15, 0.2) is 60.7 Å². The van der Waals surface area contributed by atoms with E-state index in [9.17, 15) is 62.3 Å². The van der Waals surface area contributed by atoms with E-state index in [0.717, 1.165) is 12.0 Å². The van der Waals surface area contributed by atoms with Crippen molar-refractivity contribution in [3.8, 4) is 0 Å². The molecular formula is C38H34F12N2O4. The van der Waals surface area contributed by atoms with Crippen LogP contribution in [-0.2, 0) is 56.9 Å². The second kappa shape index (κ2) is 15.2. The maximum absolute atomic E-state index is 13.7. The first kappa shape index (κ1) is 41.3. The van der Waals surface area contributed by atoms with Crippen molar-refractivity contribution in [1.82, 2.24) is 4.90 Å². The summed E-state index contributed by atoms with van der Waals surface area (Å²) in [6.45, 7) is -0.770. The number of nitrogens with zero attached hydrogens (tertiary/aromatic N) is 2. The fourth-order valence-corrected chi connectivity index (χ4v) is 8.26. The van der Waals surface area contributed by atoms with Gasteiger partial charge in [0, 0.05) is 31.2 Å². The Balaban J connectivity index is 1.31. The van der Waals surface area contributed by atoms with Gasteiger partial charge in [-0.15, -0.1) is 0 Å². The third-order valence-corrected chi connectivity index (χ3v) is 10.8. The Morgan fingerprint density at radius 2 is 1.29 bits per heavy atom. The van der Waals surface area contributed by atoms with Gasteiger partial charge in [-0.1, -0.05) is 18.2 Å². The molecule has 2 fully saturated rings. The largest absolute Gasteiger partial charge is 0.469 e. The van der Waals surface area contributed by atoms with Crippen LogP contribution in [0.25, 0.3) is 0 Å². The summed E-state index contributed by atoms with van der Waals surface area (Å²) >= 11 is 0. The van der Waals surface area contributed by atoms with Crippen LogP contribution in [0.5, 0.6) is 0 Å². The fraction of sp³-hybridized carbons (Fsp3) is 0.474. The number of ether oxygens (including phenoxy) is 2. The summed E-state index contributed by atoms with van der Waals surface area (Å²) in [5.41, 5.74) is -6.16. The normalized spacial score (nSPS) is 23.8. The Labute approximate surface area is 312 Å². The Morgan fingerprint density at radius 3 is 1.82 bits per heavy atom. The number of halogens is 12. The van der Waals surface area contributed by atoms with E-state index in [1.54, 1.807) is 18.2 Å². The average molecular weight is 811 g/mol. The molecule has 18 heteroatoms. The zero-order valence-corrected chi connectivity index (χ0v) is 29.4. The molecule has 3 aliphatic rings. The highest BCUT2D eigenvalue weighted by molar-refractivity contribution is 5.94. The summed E-state index contributed by atoms with van der Waals surface area (Å²) in [5, 5.41) is 0. The highest BCUT2D eigenvalue weighted by atomic mass is 19.4. The number of carbonyl (C=O) groups is 2. The van der Waals surface area contributed by atoms with Gasteiger partial charge in [-0.3, -0.25) is 14.5 Å². The van der Waals surface area contributed by atoms with Gasteiger partial charge in [0.2, 0.25) is 5.91 Å². The summed E-state index contributed by atoms with van der Waals surface area (Å²) in [4.78, 5) is 30.3. The molecule has 1 saturated carbocycles. The molecule has 0 radical (unpaired) electrons. The highest BCUT2D eigenvalue weighted by Gasteiger charge is 2.50. The molecule has 0 aromatic heterocycles. The van der Waals surface area contributed by atoms with Gasteiger partial charge in [0.15, 0.2) is 0 Å². The second-order valence-corrected chi connectivity index (χ2v) is 14.3. The van der Waals surface area contributed by atoms with Gasteiger partial charge < -0.3 is 14.4 Å². The SMILES string of the molecule is COC(=O)[C@@H]1[C@H]2C[C@H]3c4ccccc4N(Cc4cc(C(F)(F)F)cc(C(F)(F)F)c4)C(=O)CCN3C[C@@H]2CC[C@@H]1OCc1cc(C(F)(F)F)cc(C(F)(F)F)c1. The van der Waals surface area contributed by atoms with E-state index in [1.807, 2.05) is 4.90 Å². The molecular weight excluding hydrogens is 776 g/mol. The van der Waals surface area contributed by atoms with Gasteiger partial charge >= 0.3 is 30.7 Å². The van der Waals surface area contributed by atoms with E-state index in [4.69, 9.17) is 9.47 Å². The second-order valence-electron chi connectivity index (χ2n) is 14.3. The third-order valence-electron chi connectivity index (χ3n) is 10.8. The predicted octanol–water partition coefficient (Wildman–Crippen LogP) is 9.85. The number of amides is 1. The maximum Gasteiger partial charge on any atom is 0.416 e. The number of hydrogen-bond acceptors (Lipinski definition) is 5. The summed E-state index contributed by atoms with van der Waals surface area (Å²) in [5.74, 6) is -2.93. The number of fused-ring (bicyclic) bond motifs is 4. The Kier molecular flexibility index (Phi) is 11.2. The first-order chi connectivity index (χ1) is 26.0. The molecule has 6 nitrogen and oxygen atoms in total. The molecule has 3 aromatic rings. The van der Waals surface area contributed by atoms with Crippen molar-refractivity contribution < 1.29 is 71.7 Å². The van der Waals surface area contributed by atoms with Crippen molar-refractivity contribution in [1.29, 1.82) is 0 Å². The number of hydrogen-bond donors (Lipinski definition) is 0. The lowest BCUT2D eigenvalue weighted by Gasteiger charge is -2.51. The van der Waals surface area contributed by atoms with Crippen molar-refractivity contribution in [3.63, 3.8) is 0 Å². The fourth-order valence-electron chi connectivity index (χ4n) is 8.26. The van der Waals surface area contributed by atoms with Crippen molar-refractivity contribution in [2.75, 3.05) is 25.1 Å². The van der Waals surface area contributed by atoms with Gasteiger partial charge in [-0.05, 0) is 90.3 Å². The van der Waals surface area contributed by atoms with Crippen LogP contribution in [0.4, 0.5) is 58.4 Å². The van der Waals surface area contributed by atoms with Crippen LogP contribution >= 0.6 is 0 Å². The van der Waals surface area contributed by atoms with Crippen molar-refractivity contribution in [2.45, 2.75) is 75.7 Å². The summed E-state index contributed by atoms with van der Waals surface area (Å²) in [6, 6.07) is 8.10. The molecule has 1 aliphatic carbocycles. The first-order valence-corrected chi connectivity index (χ1v) is 17.4. The maximum atomic E-state index is 13.7. The van der Waals surface area contributed by atoms with Gasteiger partial charge in [0.25, 0.3) is 0 Å². The molecule has 1 saturated heterocycles. The number of rotatable bonds is 6. The Hall–Kier alpha value is -4.32. The highest BCUT2D eigenvalue weighted by Crippen LogP contribution is 2.50. The standard InChI is InChI=1S/C38H34F12N2O4/c1-55-34(54)33-28-16-30-27-4-2-3-5-29(27)52(17-20-10-23(35(39,40)41)14-24(11-20)36(42,43)44)32(53)8-9-51(30)18-22(28)6-7-31(33)56-19-21-12-25(37(45,46)47)15-26(13-21)38(48,49)50/h2-5,10-15,22,28,30-31,33H,6-9,16-19H2,1H3/t22-,28-,30-,31-,33+/m0/s1. The van der Waals surface area contributed by atoms with Crippen LogP contribution in [0.2, 0.25) is 0 Å². The first-order valence-electron chi connectivity index (χ1n) is 17.4. The van der Waals surface area contributed by atoms with Gasteiger partial charge in [0.05, 0.1) is 54.5 Å². The van der Waals surface area contributed by atoms with Crippen molar-refractivity contribution >= 4 is 17.6 Å². The molecule has 0 N–H and O–H groups in total. The van der Waals surface area contributed by atoms with Crippen LogP contribution in [0.1, 0.15) is 70.7 Å². The summed E-state index contributed by atoms with van der Waals surface area (Å²) in [6.07, 6.45) is -20.6. The quantitative estimate of drug-likeness (QED) is 0.183. The number of esters is 1. The molecule has 0 bridgehead atoms. The number of carbonyl (C=O) groups excluding carboxylic acids is 2. The lowest BCUT2D eigenvalue weighted by molar-refractivity contribution is -0.165. The van der Waals surface area contributed by atoms with Crippen LogP contribution in [0.3, 0.4) is 0 Å². The Morgan fingerprint density at radius 1 is 0.750 bits per heavy atom. The minimum atomic E-state index is -5.11. The number of anilines is 1. The van der Waals surface area contributed by atoms with E-state index in [0.29, 0.717) is 42.8 Å². The van der Waals surface area contributed by atoms with Gasteiger partial charge in [0.1, 0.15) is 0 Å². The molecule has 2 aliphatic heterocycles. The van der Waals surface area contributed by atoms with Gasteiger partial charge in [-0.2, -0.15) is 52.7 Å². The molecule has 2 heterocycles. The van der Waals surface area contributed by atoms with E-state index < -0.39 is 107 Å². The minimum absolute atomic E-state index is 0.000646. The summed E-state index contributed by atoms with van der Waals surface area (Å²) in [7, 11) is 1.13. The van der Waals surface area contributed by atoms with Crippen LogP contribution in [0, 0.1) is 17.8 Å². The number of para-hydroxylation sites is 1. The van der Waals surface area contributed by atoms with Crippen molar-refractivity contribution in [3.05, 3.63) is 99.6 Å². The van der Waals surface area contributed by atoms with Gasteiger partial charge in [-0.25, -0.2) is 0 Å². The van der Waals surface area contributed by atoms with E-state index in [1.165, 1.54) is 6.07 Å². The minimum Gasteiger partial charge on any atom is -0.469 e. The molecule has 0 spiro atoms. The predicted molar refractivity (Wildman–Crippen MR) is 174 cm³/mol. The topological polar surface area (TPSA) is 59.1 Å². The molecule has 304 valence electrons. The lowest BCUT2D eigenvalue weighted by Crippen LogP contribution is -2.53. The zero-order valence-electron chi connectivity index (χ0n) is 29.4. The summed E-state index contributed by atoms with van der Waals surface area (Å²) < 4.78 is 174. The lowest BCUT2D eigenvalue weighted by atomic mass is 9.65. The molecule has 56 heavy (non-hydrogen) atoms. The van der Waals surface area contributed by atoms with E-state index >= 15 is 0 Å². The molecule has 6 rings (SSSR count). The Bertz CT molecular complexity index is 1880. The molecule has 5 atom stereocenters. The average Bonchev–Trinajstić information content (AvgIpc) is 3.12. The molecule has 3 aromatic carbocycles. The van der Waals surface area contributed by atoms with E-state index in [2.05, 4.69) is 0 Å². The number of methoxy groups -OCH3 is 1. The third kappa shape index (κ3) is 8.80. The molecule has 1 amide bonds. The van der Waals surface area contributed by atoms with Crippen LogP contribution < -0.4 is 4.90 Å². The number of alkyl halides is 12.